The summed E-state index contributed by atoms with van der Waals surface area (Å²) in [5.74, 6) is -34.0. The van der Waals surface area contributed by atoms with Crippen molar-refractivity contribution in [1.82, 2.24) is 0 Å². The third-order valence-corrected chi connectivity index (χ3v) is 21.0. The number of benzene rings is 9. The van der Waals surface area contributed by atoms with Gasteiger partial charge in [0.15, 0.2) is 105 Å². The number of allylic oxidation sites excluding steroid dienone is 9. The van der Waals surface area contributed by atoms with Gasteiger partial charge in [0.1, 0.15) is 116 Å². The first-order chi connectivity index (χ1) is 60.2. The zero-order valence-electron chi connectivity index (χ0n) is 62.1. The van der Waals surface area contributed by atoms with Gasteiger partial charge in [0.2, 0.25) is 0 Å². The summed E-state index contributed by atoms with van der Waals surface area (Å²) in [6, 6.07) is 24.2. The van der Waals surface area contributed by atoms with Crippen molar-refractivity contribution in [2.24, 2.45) is 0 Å². The van der Waals surface area contributed by atoms with Gasteiger partial charge in [-0.2, -0.15) is 71.2 Å². The van der Waals surface area contributed by atoms with E-state index in [0.717, 1.165) is 24.3 Å². The van der Waals surface area contributed by atoms with Gasteiger partial charge in [-0.25, -0.2) is 87.8 Å². The van der Waals surface area contributed by atoms with Gasteiger partial charge in [-0.15, -0.1) is 0 Å². The van der Waals surface area contributed by atoms with Crippen LogP contribution in [0.2, 0.25) is 0 Å². The molecule has 604 valence electrons. The van der Waals surface area contributed by atoms with Crippen LogP contribution in [0.25, 0.3) is 62.5 Å². The second kappa shape index (κ2) is 33.4. The van der Waals surface area contributed by atoms with E-state index < -0.39 is 209 Å². The Labute approximate surface area is 694 Å². The molecule has 0 atom stereocenters. The molecule has 0 aromatic heterocycles. The number of hydrogen-bond donors (Lipinski definition) is 0. The van der Waals surface area contributed by atoms with Crippen LogP contribution in [0.4, 0.5) is 87.8 Å². The van der Waals surface area contributed by atoms with Crippen molar-refractivity contribution in [3.05, 3.63) is 447 Å². The lowest BCUT2D eigenvalue weighted by Gasteiger charge is -2.09. The lowest BCUT2D eigenvalue weighted by Crippen LogP contribution is -2.27. The molecule has 0 unspecified atom stereocenters. The van der Waals surface area contributed by atoms with Crippen LogP contribution in [-0.4, -0.2) is 0 Å². The third kappa shape index (κ3) is 13.9. The molecule has 34 heteroatoms. The minimum Gasteiger partial charge on any atom is -0.206 e. The predicted octanol–water partition coefficient (Wildman–Crippen LogP) is 16.3. The van der Waals surface area contributed by atoms with Crippen LogP contribution < -0.4 is 31.3 Å². The Morgan fingerprint density at radius 2 is 0.421 bits per heavy atom. The molecule has 0 saturated carbocycles. The zero-order valence-corrected chi connectivity index (χ0v) is 62.1. The minimum absolute atomic E-state index is 0.0139. The summed E-state index contributed by atoms with van der Waals surface area (Å²) in [4.78, 5) is 18.9. The molecule has 9 aromatic rings. The highest BCUT2D eigenvalue weighted by molar-refractivity contribution is 5.94. The van der Waals surface area contributed by atoms with Crippen LogP contribution in [0.15, 0.2) is 153 Å². The van der Waals surface area contributed by atoms with Crippen molar-refractivity contribution in [2.75, 3.05) is 0 Å². The number of nitriles is 8. The SMILES string of the molecule is [C-]#[N+]C([N+]#[C-])=C1Cc2c(C#N)c3c(c(C#N)c2=C1c1cc(F)c(F)c(F)c1)CC(=C(C#N)C#N)C=3c1cc(F)c(F)c(F)c1.[C-]#[N+]C([N+]#[C-])=C1Cc2c(F)c3c(c(F)c2=C1c1cc(F)c(F)c(F)c1)CC(=C(C#N)C#N)C=3c1cc(F)c(F)c(F)c1.[C-]#[N+]C([N+]#[C-])=C1Cc2cc3c(cc2=C1c1cc(F)c(F)c(F)c1)CC(=C(C#N)C#N)C=3c1cc(F)c(F)c(F)c1. The van der Waals surface area contributed by atoms with E-state index in [1.54, 1.807) is 48.5 Å². The average molecular weight is 1710 g/mol. The minimum atomic E-state index is -1.86. The summed E-state index contributed by atoms with van der Waals surface area (Å²) < 4.78 is 287. The maximum Gasteiger partial charge on any atom is 0.523 e. The summed E-state index contributed by atoms with van der Waals surface area (Å²) in [5.41, 5.74) is -6.01. The first-order valence-electron chi connectivity index (χ1n) is 35.1. The molecular weight excluding hydrogens is 1680 g/mol. The Bertz CT molecular complexity index is 7380. The normalized spacial score (nSPS) is 13.1. The van der Waals surface area contributed by atoms with E-state index in [1.807, 2.05) is 12.1 Å². The second-order valence-electron chi connectivity index (χ2n) is 27.3. The number of fused-ring (bicyclic) bond motifs is 6. The lowest BCUT2D eigenvalue weighted by atomic mass is 9.92. The molecule has 0 heterocycles. The van der Waals surface area contributed by atoms with E-state index >= 15 is 8.78 Å². The van der Waals surface area contributed by atoms with Crippen LogP contribution in [-0.2, 0) is 38.5 Å². The van der Waals surface area contributed by atoms with Gasteiger partial charge in [0.05, 0.1) is 27.8 Å². The summed E-state index contributed by atoms with van der Waals surface area (Å²) in [6.07, 6.45) is -2.27. The van der Waals surface area contributed by atoms with Crippen LogP contribution in [0.5, 0.6) is 0 Å². The standard InChI is InChI=1S/C32H8F6N6.C30H8F8N4.C30H10F6N4/c1-43-32(44-2)19-8-18-21(12-42)28-17(20(11-41)29(18)27(19)14-5-24(35)31(38)25(36)6-14)7-16(15(9-39)10-40)26(28)13-3-22(33)30(37)23(34)4-13;1-41-30(42-2)17-8-16-25(23(17)12-5-20(33)29(38)21(34)6-12)26(35)15-7-14(13(9-39)10-40)22(24(15)27(16)36)11-3-18(31)28(37)19(32)4-11;1-39-30(40-2)21-6-14-4-18-13(3-19(14)27(21)16-9-24(33)29(36)25(34)10-16)5-20(17(11-37)12-38)26(18)15-7-22(31)28(35)23(32)8-15/h3-6H,7-8H2;3-6H,7-8H2;3-4,7-10H,5-6H2. The van der Waals surface area contributed by atoms with Gasteiger partial charge in [-0.3, -0.25) is 0 Å². The smallest absolute Gasteiger partial charge is 0.206 e. The number of nitrogens with zero attached hydrogens (tertiary/aromatic N) is 14. The van der Waals surface area contributed by atoms with Gasteiger partial charge in [0.25, 0.3) is 0 Å². The summed E-state index contributed by atoms with van der Waals surface area (Å²) >= 11 is 0. The Kier molecular flexibility index (Phi) is 22.8. The molecule has 6 aliphatic rings. The van der Waals surface area contributed by atoms with E-state index in [4.69, 9.17) is 39.4 Å². The lowest BCUT2D eigenvalue weighted by molar-refractivity contribution is 0.446. The Hall–Kier alpha value is -17.9. The largest absolute Gasteiger partial charge is 0.523 e. The molecule has 0 saturated heterocycles. The van der Waals surface area contributed by atoms with Crippen LogP contribution in [0.3, 0.4) is 0 Å². The maximum atomic E-state index is 16.4. The molecule has 0 N–H and O–H groups in total. The first kappa shape index (κ1) is 86.0. The van der Waals surface area contributed by atoms with Gasteiger partial charge in [-0.05, 0) is 214 Å². The van der Waals surface area contributed by atoms with Crippen LogP contribution in [0, 0.1) is 246 Å². The van der Waals surface area contributed by atoms with E-state index in [2.05, 4.69) is 29.1 Å². The molecule has 14 nitrogen and oxygen atoms in total. The summed E-state index contributed by atoms with van der Waals surface area (Å²) in [7, 11) is 0. The van der Waals surface area contributed by atoms with Gasteiger partial charge < -0.3 is 0 Å². The van der Waals surface area contributed by atoms with Gasteiger partial charge in [-0.1, -0.05) is 0 Å². The zero-order chi connectivity index (χ0) is 91.5. The van der Waals surface area contributed by atoms with Crippen molar-refractivity contribution in [2.45, 2.75) is 38.5 Å². The van der Waals surface area contributed by atoms with E-state index in [1.165, 1.54) is 0 Å². The predicted molar refractivity (Wildman–Crippen MR) is 397 cm³/mol. The monoisotopic (exact) mass is 1710 g/mol. The van der Waals surface area contributed by atoms with Crippen molar-refractivity contribution in [1.29, 1.82) is 42.1 Å². The first-order valence-corrected chi connectivity index (χ1v) is 35.1. The molecule has 15 rings (SSSR count). The molecule has 0 fully saturated rings. The number of halogens is 20. The van der Waals surface area contributed by atoms with Gasteiger partial charge >= 0.3 is 17.5 Å². The summed E-state index contributed by atoms with van der Waals surface area (Å²) in [5, 5.41) is 77.4. The second-order valence-corrected chi connectivity index (χ2v) is 27.3. The van der Waals surface area contributed by atoms with Crippen LogP contribution in [0.1, 0.15) is 77.9 Å². The Morgan fingerprint density at radius 1 is 0.230 bits per heavy atom. The Morgan fingerprint density at radius 3 is 0.675 bits per heavy atom. The Balaban J connectivity index is 0.000000162. The number of hydrogen-bond acceptors (Lipinski definition) is 8. The highest BCUT2D eigenvalue weighted by Gasteiger charge is 2.41. The summed E-state index contributed by atoms with van der Waals surface area (Å²) in [6.45, 7) is 44.4. The molecule has 126 heavy (non-hydrogen) atoms. The highest BCUT2D eigenvalue weighted by Crippen LogP contribution is 2.43. The number of rotatable bonds is 6. The molecule has 0 spiro atoms. The fourth-order valence-electron chi connectivity index (χ4n) is 15.9. The fraction of sp³-hybridized carbons (Fsp3) is 0.0652. The maximum absolute atomic E-state index is 16.4. The van der Waals surface area contributed by atoms with Gasteiger partial charge in [0, 0.05) is 57.7 Å². The molecule has 0 radical (unpaired) electrons. The highest BCUT2D eigenvalue weighted by atomic mass is 19.2. The molecule has 0 aliphatic heterocycles. The topological polar surface area (TPSA) is 216 Å². The van der Waals surface area contributed by atoms with E-state index in [-0.39, 0.29) is 135 Å². The van der Waals surface area contributed by atoms with E-state index in [9.17, 15) is 121 Å². The van der Waals surface area contributed by atoms with Crippen molar-refractivity contribution in [3.63, 3.8) is 0 Å². The van der Waals surface area contributed by atoms with Crippen LogP contribution >= 0.6 is 0 Å². The van der Waals surface area contributed by atoms with E-state index in [0.29, 0.717) is 70.1 Å². The molecular formula is C92H26F20N14. The molecule has 0 amide bonds. The fourth-order valence-corrected chi connectivity index (χ4v) is 15.9. The third-order valence-electron chi connectivity index (χ3n) is 21.0. The quantitative estimate of drug-likeness (QED) is 0.0673. The molecule has 9 aromatic carbocycles. The van der Waals surface area contributed by atoms with Crippen molar-refractivity contribution >= 4 is 33.4 Å². The molecule has 0 bridgehead atoms. The van der Waals surface area contributed by atoms with Crippen molar-refractivity contribution < 1.29 is 87.8 Å². The van der Waals surface area contributed by atoms with Crippen molar-refractivity contribution in [3.8, 4) is 48.6 Å². The average Bonchev–Trinajstić information content (AvgIpc) is 1.55. The molecule has 6 aliphatic carbocycles.